The van der Waals surface area contributed by atoms with Gasteiger partial charge in [-0.15, -0.1) is 24.0 Å². The molecule has 2 heterocycles. The third kappa shape index (κ3) is 7.76. The number of benzene rings is 1. The quantitative estimate of drug-likeness (QED) is 0.291. The highest BCUT2D eigenvalue weighted by Crippen LogP contribution is 2.36. The second-order valence-electron chi connectivity index (χ2n) is 9.06. The smallest absolute Gasteiger partial charge is 0.193 e. The van der Waals surface area contributed by atoms with Crippen molar-refractivity contribution in [3.63, 3.8) is 0 Å². The molecule has 2 saturated heterocycles. The molecule has 0 aliphatic carbocycles. The molecule has 2 aliphatic rings. The second kappa shape index (κ2) is 14.3. The number of nitrogens with zero attached hydrogens (tertiary/aromatic N) is 3. The van der Waals surface area contributed by atoms with Crippen LogP contribution in [0.1, 0.15) is 50.6 Å². The minimum atomic E-state index is 0. The summed E-state index contributed by atoms with van der Waals surface area (Å²) in [4.78, 5) is 9.91. The van der Waals surface area contributed by atoms with E-state index in [0.29, 0.717) is 12.0 Å². The van der Waals surface area contributed by atoms with Crippen LogP contribution in [0.25, 0.3) is 0 Å². The number of piperidine rings is 1. The summed E-state index contributed by atoms with van der Waals surface area (Å²) in [5.74, 6) is 3.25. The van der Waals surface area contributed by atoms with Gasteiger partial charge in [0.15, 0.2) is 5.96 Å². The highest BCUT2D eigenvalue weighted by molar-refractivity contribution is 14.0. The lowest BCUT2D eigenvalue weighted by molar-refractivity contribution is 0.0625. The SMILES string of the molecule is CCNC(=NCC1CCCN(C)C1c1ccc(OC)cc1)N(C)CCC1CCOCC1.I. The summed E-state index contributed by atoms with van der Waals surface area (Å²) in [6.45, 7) is 7.92. The molecule has 2 fully saturated rings. The first-order valence-electron chi connectivity index (χ1n) is 12.0. The van der Waals surface area contributed by atoms with Crippen molar-refractivity contribution >= 4 is 29.9 Å². The van der Waals surface area contributed by atoms with Gasteiger partial charge in [-0.1, -0.05) is 12.1 Å². The van der Waals surface area contributed by atoms with Crippen molar-refractivity contribution in [2.24, 2.45) is 16.8 Å². The molecule has 1 aromatic rings. The molecule has 2 unspecified atom stereocenters. The topological polar surface area (TPSA) is 49.3 Å². The van der Waals surface area contributed by atoms with E-state index in [0.717, 1.165) is 57.0 Å². The maximum Gasteiger partial charge on any atom is 0.193 e. The lowest BCUT2D eigenvalue weighted by atomic mass is 9.85. The van der Waals surface area contributed by atoms with Gasteiger partial charge in [0, 0.05) is 45.9 Å². The highest BCUT2D eigenvalue weighted by atomic mass is 127. The summed E-state index contributed by atoms with van der Waals surface area (Å²) in [7, 11) is 6.14. The van der Waals surface area contributed by atoms with Gasteiger partial charge in [0.2, 0.25) is 0 Å². The van der Waals surface area contributed by atoms with Crippen molar-refractivity contribution in [1.29, 1.82) is 0 Å². The normalized spacial score (nSPS) is 22.8. The number of nitrogens with one attached hydrogen (secondary N) is 1. The van der Waals surface area contributed by atoms with Crippen molar-refractivity contribution in [2.45, 2.75) is 45.1 Å². The summed E-state index contributed by atoms with van der Waals surface area (Å²) in [5.41, 5.74) is 1.36. The largest absolute Gasteiger partial charge is 0.497 e. The van der Waals surface area contributed by atoms with E-state index >= 15 is 0 Å². The first-order valence-corrected chi connectivity index (χ1v) is 12.0. The Morgan fingerprint density at radius 1 is 1.22 bits per heavy atom. The number of aliphatic imine (C=N–C) groups is 1. The van der Waals surface area contributed by atoms with Crippen LogP contribution in [-0.4, -0.2) is 76.4 Å². The number of likely N-dealkylation sites (tertiary alicyclic amines) is 1. The Kier molecular flexibility index (Phi) is 12.1. The van der Waals surface area contributed by atoms with E-state index in [1.165, 1.54) is 37.7 Å². The molecule has 0 radical (unpaired) electrons. The van der Waals surface area contributed by atoms with E-state index in [9.17, 15) is 0 Å². The van der Waals surface area contributed by atoms with Gasteiger partial charge in [-0.05, 0) is 82.2 Å². The van der Waals surface area contributed by atoms with Crippen molar-refractivity contribution in [3.05, 3.63) is 29.8 Å². The maximum atomic E-state index is 5.51. The van der Waals surface area contributed by atoms with Gasteiger partial charge in [0.1, 0.15) is 5.75 Å². The van der Waals surface area contributed by atoms with Gasteiger partial charge in [-0.2, -0.15) is 0 Å². The molecule has 1 aromatic carbocycles. The van der Waals surface area contributed by atoms with Crippen LogP contribution in [0, 0.1) is 11.8 Å². The molecule has 2 aliphatic heterocycles. The van der Waals surface area contributed by atoms with Crippen LogP contribution in [-0.2, 0) is 4.74 Å². The molecule has 0 bridgehead atoms. The molecule has 32 heavy (non-hydrogen) atoms. The molecule has 0 spiro atoms. The molecular weight excluding hydrogens is 515 g/mol. The monoisotopic (exact) mass is 558 g/mol. The Labute approximate surface area is 212 Å². The zero-order chi connectivity index (χ0) is 22.1. The minimum absolute atomic E-state index is 0. The molecule has 6 nitrogen and oxygen atoms in total. The maximum absolute atomic E-state index is 5.51. The molecule has 0 amide bonds. The van der Waals surface area contributed by atoms with Gasteiger partial charge < -0.3 is 19.7 Å². The molecular formula is C25H43IN4O2. The fraction of sp³-hybridized carbons (Fsp3) is 0.720. The van der Waals surface area contributed by atoms with Crippen LogP contribution in [0.15, 0.2) is 29.3 Å². The summed E-state index contributed by atoms with van der Waals surface area (Å²) < 4.78 is 10.9. The zero-order valence-corrected chi connectivity index (χ0v) is 22.7. The van der Waals surface area contributed by atoms with Crippen LogP contribution in [0.5, 0.6) is 5.75 Å². The van der Waals surface area contributed by atoms with Crippen LogP contribution < -0.4 is 10.1 Å². The predicted octanol–water partition coefficient (Wildman–Crippen LogP) is 4.41. The summed E-state index contributed by atoms with van der Waals surface area (Å²) in [6, 6.07) is 8.98. The average Bonchev–Trinajstić information content (AvgIpc) is 2.81. The molecule has 3 rings (SSSR count). The second-order valence-corrected chi connectivity index (χ2v) is 9.06. The minimum Gasteiger partial charge on any atom is -0.497 e. The molecule has 182 valence electrons. The Morgan fingerprint density at radius 3 is 2.59 bits per heavy atom. The Balaban J connectivity index is 0.00000363. The predicted molar refractivity (Wildman–Crippen MR) is 143 cm³/mol. The van der Waals surface area contributed by atoms with E-state index < -0.39 is 0 Å². The fourth-order valence-electron chi connectivity index (χ4n) is 4.97. The van der Waals surface area contributed by atoms with Crippen LogP contribution in [0.4, 0.5) is 0 Å². The number of hydrogen-bond acceptors (Lipinski definition) is 4. The molecule has 2 atom stereocenters. The van der Waals surface area contributed by atoms with Crippen molar-refractivity contribution in [3.8, 4) is 5.75 Å². The fourth-order valence-corrected chi connectivity index (χ4v) is 4.97. The molecule has 1 N–H and O–H groups in total. The van der Waals surface area contributed by atoms with E-state index in [1.54, 1.807) is 7.11 Å². The van der Waals surface area contributed by atoms with Gasteiger partial charge in [-0.25, -0.2) is 0 Å². The number of rotatable bonds is 8. The lowest BCUT2D eigenvalue weighted by Crippen LogP contribution is -2.41. The summed E-state index contributed by atoms with van der Waals surface area (Å²) in [5, 5.41) is 3.51. The van der Waals surface area contributed by atoms with Gasteiger partial charge in [-0.3, -0.25) is 9.89 Å². The van der Waals surface area contributed by atoms with Gasteiger partial charge in [0.25, 0.3) is 0 Å². The molecule has 0 aromatic heterocycles. The summed E-state index contributed by atoms with van der Waals surface area (Å²) in [6.07, 6.45) is 6.05. The van der Waals surface area contributed by atoms with E-state index in [2.05, 4.69) is 60.4 Å². The Hall–Kier alpha value is -1.06. The standard InChI is InChI=1S/C25H42N4O2.HI/c1-5-26-25(29(3)16-12-20-13-17-31-18-14-20)27-19-22-7-6-15-28(2)24(22)21-8-10-23(30-4)11-9-21;/h8-11,20,22,24H,5-7,12-19H2,1-4H3,(H,26,27);1H. The Morgan fingerprint density at radius 2 is 1.94 bits per heavy atom. The zero-order valence-electron chi connectivity index (χ0n) is 20.4. The third-order valence-corrected chi connectivity index (χ3v) is 6.85. The first-order chi connectivity index (χ1) is 15.1. The number of ether oxygens (including phenoxy) is 2. The highest BCUT2D eigenvalue weighted by Gasteiger charge is 2.30. The number of halogens is 1. The Bertz CT molecular complexity index is 679. The van der Waals surface area contributed by atoms with Crippen molar-refractivity contribution in [2.75, 3.05) is 60.6 Å². The van der Waals surface area contributed by atoms with E-state index in [-0.39, 0.29) is 24.0 Å². The van der Waals surface area contributed by atoms with Crippen molar-refractivity contribution in [1.82, 2.24) is 15.1 Å². The van der Waals surface area contributed by atoms with Crippen LogP contribution in [0.2, 0.25) is 0 Å². The van der Waals surface area contributed by atoms with E-state index in [1.807, 2.05) is 0 Å². The molecule has 7 heteroatoms. The lowest BCUT2D eigenvalue weighted by Gasteiger charge is -2.39. The van der Waals surface area contributed by atoms with Crippen molar-refractivity contribution < 1.29 is 9.47 Å². The molecule has 0 saturated carbocycles. The van der Waals surface area contributed by atoms with Crippen LogP contribution >= 0.6 is 24.0 Å². The van der Waals surface area contributed by atoms with Crippen LogP contribution in [0.3, 0.4) is 0 Å². The van der Waals surface area contributed by atoms with Gasteiger partial charge >= 0.3 is 0 Å². The number of hydrogen-bond donors (Lipinski definition) is 1. The first kappa shape index (κ1) is 27.2. The average molecular weight is 559 g/mol. The summed E-state index contributed by atoms with van der Waals surface area (Å²) >= 11 is 0. The van der Waals surface area contributed by atoms with E-state index in [4.69, 9.17) is 14.5 Å². The number of methoxy groups -OCH3 is 1. The third-order valence-electron chi connectivity index (χ3n) is 6.85. The van der Waals surface area contributed by atoms with Gasteiger partial charge in [0.05, 0.1) is 7.11 Å². The number of guanidine groups is 1.